The summed E-state index contributed by atoms with van der Waals surface area (Å²) in [5, 5.41) is 18.9. The van der Waals surface area contributed by atoms with Gasteiger partial charge in [0.2, 0.25) is 5.82 Å². The standard InChI is InChI=1S/C14H10FN3O2/c15-12-6-5-10(7-13(12)18(19)20)17-8-9-3-1-2-4-11(9)14(17)16/h1-7,16H,8H2. The molecule has 0 saturated carbocycles. The van der Waals surface area contributed by atoms with E-state index in [-0.39, 0.29) is 5.84 Å². The molecule has 1 N–H and O–H groups in total. The number of benzene rings is 2. The Bertz CT molecular complexity index is 730. The number of anilines is 1. The van der Waals surface area contributed by atoms with Gasteiger partial charge in [0.15, 0.2) is 0 Å². The Morgan fingerprint density at radius 3 is 2.70 bits per heavy atom. The van der Waals surface area contributed by atoms with Gasteiger partial charge in [-0.25, -0.2) is 0 Å². The van der Waals surface area contributed by atoms with E-state index in [9.17, 15) is 14.5 Å². The van der Waals surface area contributed by atoms with Crippen LogP contribution in [-0.2, 0) is 6.54 Å². The van der Waals surface area contributed by atoms with Crippen molar-refractivity contribution in [2.45, 2.75) is 6.54 Å². The van der Waals surface area contributed by atoms with E-state index in [1.807, 2.05) is 24.3 Å². The van der Waals surface area contributed by atoms with Crippen LogP contribution in [0.3, 0.4) is 0 Å². The van der Waals surface area contributed by atoms with E-state index >= 15 is 0 Å². The van der Waals surface area contributed by atoms with Crippen molar-refractivity contribution >= 4 is 17.2 Å². The van der Waals surface area contributed by atoms with Gasteiger partial charge in [-0.05, 0) is 17.7 Å². The minimum atomic E-state index is -0.873. The van der Waals surface area contributed by atoms with Crippen molar-refractivity contribution in [3.8, 4) is 0 Å². The molecule has 0 aliphatic carbocycles. The summed E-state index contributed by atoms with van der Waals surface area (Å²) in [5.41, 5.74) is 1.63. The van der Waals surface area contributed by atoms with Crippen LogP contribution in [0.15, 0.2) is 42.5 Å². The number of halogens is 1. The van der Waals surface area contributed by atoms with Crippen LogP contribution < -0.4 is 4.90 Å². The third-order valence-electron chi connectivity index (χ3n) is 3.31. The average Bonchev–Trinajstić information content (AvgIpc) is 2.77. The molecule has 0 atom stereocenters. The first-order valence-corrected chi connectivity index (χ1v) is 5.96. The highest BCUT2D eigenvalue weighted by Gasteiger charge is 2.26. The molecule has 1 aliphatic heterocycles. The van der Waals surface area contributed by atoms with Gasteiger partial charge in [0.25, 0.3) is 0 Å². The zero-order chi connectivity index (χ0) is 14.3. The Morgan fingerprint density at radius 2 is 2.00 bits per heavy atom. The molecule has 0 radical (unpaired) electrons. The topological polar surface area (TPSA) is 70.2 Å². The van der Waals surface area contributed by atoms with Crippen LogP contribution in [-0.4, -0.2) is 10.8 Å². The van der Waals surface area contributed by atoms with Crippen LogP contribution in [0.4, 0.5) is 15.8 Å². The number of nitro groups is 1. The van der Waals surface area contributed by atoms with Crippen molar-refractivity contribution in [3.63, 3.8) is 0 Å². The molecule has 1 aliphatic rings. The van der Waals surface area contributed by atoms with Gasteiger partial charge in [-0.15, -0.1) is 0 Å². The van der Waals surface area contributed by atoms with Crippen LogP contribution in [0.2, 0.25) is 0 Å². The van der Waals surface area contributed by atoms with Crippen molar-refractivity contribution in [2.24, 2.45) is 0 Å². The molecule has 100 valence electrons. The van der Waals surface area contributed by atoms with Gasteiger partial charge in [-0.1, -0.05) is 24.3 Å². The predicted octanol–water partition coefficient (Wildman–Crippen LogP) is 3.08. The summed E-state index contributed by atoms with van der Waals surface area (Å²) in [6.45, 7) is 0.456. The second-order valence-corrected chi connectivity index (χ2v) is 4.48. The quantitative estimate of drug-likeness (QED) is 0.674. The van der Waals surface area contributed by atoms with Gasteiger partial charge >= 0.3 is 5.69 Å². The van der Waals surface area contributed by atoms with Crippen LogP contribution in [0, 0.1) is 21.3 Å². The first kappa shape index (κ1) is 12.3. The number of hydrogen-bond donors (Lipinski definition) is 1. The molecule has 5 nitrogen and oxygen atoms in total. The fourth-order valence-corrected chi connectivity index (χ4v) is 2.31. The van der Waals surface area contributed by atoms with Crippen LogP contribution in [0.5, 0.6) is 0 Å². The van der Waals surface area contributed by atoms with Crippen molar-refractivity contribution in [1.82, 2.24) is 0 Å². The molecule has 6 heteroatoms. The van der Waals surface area contributed by atoms with E-state index in [0.717, 1.165) is 23.3 Å². The maximum absolute atomic E-state index is 13.4. The normalized spacial score (nSPS) is 13.4. The lowest BCUT2D eigenvalue weighted by Crippen LogP contribution is -2.23. The third-order valence-corrected chi connectivity index (χ3v) is 3.31. The van der Waals surface area contributed by atoms with E-state index in [4.69, 9.17) is 5.41 Å². The van der Waals surface area contributed by atoms with E-state index in [1.165, 1.54) is 6.07 Å². The molecule has 0 unspecified atom stereocenters. The summed E-state index contributed by atoms with van der Waals surface area (Å²) in [6.07, 6.45) is 0. The van der Waals surface area contributed by atoms with Crippen molar-refractivity contribution in [2.75, 3.05) is 4.90 Å². The Hall–Kier alpha value is -2.76. The van der Waals surface area contributed by atoms with E-state index in [2.05, 4.69) is 0 Å². The lowest BCUT2D eigenvalue weighted by Gasteiger charge is -2.17. The minimum Gasteiger partial charge on any atom is -0.322 e. The molecule has 3 rings (SSSR count). The van der Waals surface area contributed by atoms with Crippen LogP contribution >= 0.6 is 0 Å². The lowest BCUT2D eigenvalue weighted by molar-refractivity contribution is -0.387. The fraction of sp³-hybridized carbons (Fsp3) is 0.0714. The number of hydrogen-bond acceptors (Lipinski definition) is 3. The SMILES string of the molecule is N=C1c2ccccc2CN1c1ccc(F)c([N+](=O)[O-])c1. The zero-order valence-corrected chi connectivity index (χ0v) is 10.3. The van der Waals surface area contributed by atoms with Crippen molar-refractivity contribution < 1.29 is 9.31 Å². The summed E-state index contributed by atoms with van der Waals surface area (Å²) < 4.78 is 13.4. The minimum absolute atomic E-state index is 0.265. The largest absolute Gasteiger partial charge is 0.322 e. The van der Waals surface area contributed by atoms with Crippen LogP contribution in [0.25, 0.3) is 0 Å². The maximum atomic E-state index is 13.4. The molecule has 1 heterocycles. The molecule has 0 spiro atoms. The van der Waals surface area contributed by atoms with E-state index < -0.39 is 16.4 Å². The van der Waals surface area contributed by atoms with Gasteiger partial charge in [0, 0.05) is 17.3 Å². The van der Waals surface area contributed by atoms with Gasteiger partial charge in [-0.3, -0.25) is 15.5 Å². The van der Waals surface area contributed by atoms with Gasteiger partial charge in [-0.2, -0.15) is 4.39 Å². The fourth-order valence-electron chi connectivity index (χ4n) is 2.31. The Balaban J connectivity index is 2.02. The second kappa shape index (κ2) is 4.41. The van der Waals surface area contributed by atoms with Gasteiger partial charge < -0.3 is 4.90 Å². The molecule has 0 aromatic heterocycles. The zero-order valence-electron chi connectivity index (χ0n) is 10.3. The Morgan fingerprint density at radius 1 is 1.25 bits per heavy atom. The van der Waals surface area contributed by atoms with Gasteiger partial charge in [0.1, 0.15) is 5.84 Å². The number of amidine groups is 1. The molecule has 0 fully saturated rings. The summed E-state index contributed by atoms with van der Waals surface area (Å²) in [4.78, 5) is 11.6. The molecule has 20 heavy (non-hydrogen) atoms. The molecule has 2 aromatic carbocycles. The maximum Gasteiger partial charge on any atom is 0.306 e. The molecule has 2 aromatic rings. The lowest BCUT2D eigenvalue weighted by atomic mass is 10.1. The summed E-state index contributed by atoms with van der Waals surface area (Å²) in [6, 6.07) is 11.1. The highest BCUT2D eigenvalue weighted by atomic mass is 19.1. The van der Waals surface area contributed by atoms with E-state index in [1.54, 1.807) is 4.90 Å². The number of rotatable bonds is 2. The summed E-state index contributed by atoms with van der Waals surface area (Å²) in [7, 11) is 0. The van der Waals surface area contributed by atoms with Gasteiger partial charge in [0.05, 0.1) is 11.5 Å². The first-order valence-electron chi connectivity index (χ1n) is 5.96. The third kappa shape index (κ3) is 1.82. The molecular formula is C14H10FN3O2. The van der Waals surface area contributed by atoms with Crippen LogP contribution in [0.1, 0.15) is 11.1 Å². The average molecular weight is 271 g/mol. The Kier molecular flexibility index (Phi) is 2.71. The molecule has 0 bridgehead atoms. The number of nitro benzene ring substituents is 1. The number of nitrogens with zero attached hydrogens (tertiary/aromatic N) is 2. The molecule has 0 saturated heterocycles. The van der Waals surface area contributed by atoms with Crippen molar-refractivity contribution in [3.05, 3.63) is 69.5 Å². The highest BCUT2D eigenvalue weighted by Crippen LogP contribution is 2.31. The number of fused-ring (bicyclic) bond motifs is 1. The van der Waals surface area contributed by atoms with Crippen molar-refractivity contribution in [1.29, 1.82) is 5.41 Å². The smallest absolute Gasteiger partial charge is 0.306 e. The van der Waals surface area contributed by atoms with E-state index in [0.29, 0.717) is 12.2 Å². The first-order chi connectivity index (χ1) is 9.58. The summed E-state index contributed by atoms with van der Waals surface area (Å²) >= 11 is 0. The molecule has 0 amide bonds. The Labute approximate surface area is 113 Å². The number of nitrogens with one attached hydrogen (secondary N) is 1. The molecular weight excluding hydrogens is 261 g/mol. The predicted molar refractivity (Wildman–Crippen MR) is 72.5 cm³/mol. The summed E-state index contributed by atoms with van der Waals surface area (Å²) in [5.74, 6) is -0.608. The highest BCUT2D eigenvalue weighted by molar-refractivity contribution is 6.11. The second-order valence-electron chi connectivity index (χ2n) is 4.48. The monoisotopic (exact) mass is 271 g/mol.